The summed E-state index contributed by atoms with van der Waals surface area (Å²) in [4.78, 5) is 0. The van der Waals surface area contributed by atoms with E-state index in [1.807, 2.05) is 6.07 Å². The van der Waals surface area contributed by atoms with Gasteiger partial charge in [0.25, 0.3) is 0 Å². The molecule has 0 saturated carbocycles. The summed E-state index contributed by atoms with van der Waals surface area (Å²) in [5, 5.41) is 13.0. The molecule has 0 fully saturated rings. The van der Waals surface area contributed by atoms with E-state index in [0.29, 0.717) is 0 Å². The van der Waals surface area contributed by atoms with Crippen molar-refractivity contribution in [2.45, 2.75) is 19.1 Å². The van der Waals surface area contributed by atoms with E-state index < -0.39 is 0 Å². The van der Waals surface area contributed by atoms with Gasteiger partial charge < -0.3 is 15.0 Å². The van der Waals surface area contributed by atoms with Crippen LogP contribution in [-0.4, -0.2) is 16.3 Å². The molecule has 0 spiro atoms. The van der Waals surface area contributed by atoms with E-state index in [-0.39, 0.29) is 18.6 Å². The Morgan fingerprint density at radius 3 is 2.78 bits per heavy atom. The van der Waals surface area contributed by atoms with E-state index in [1.54, 1.807) is 0 Å². The van der Waals surface area contributed by atoms with Gasteiger partial charge in [-0.3, -0.25) is 0 Å². The zero-order valence-electron chi connectivity index (χ0n) is 10.3. The molecule has 2 N–H and O–H groups in total. The number of rotatable bonds is 4. The predicted octanol–water partition coefficient (Wildman–Crippen LogP) is 1.94. The van der Waals surface area contributed by atoms with Gasteiger partial charge in [0.05, 0.1) is 6.04 Å². The molecule has 3 rings (SSSR count). The molecule has 2 atom stereocenters. The normalized spacial score (nSPS) is 22.1. The van der Waals surface area contributed by atoms with Crippen molar-refractivity contribution in [3.8, 4) is 0 Å². The van der Waals surface area contributed by atoms with E-state index >= 15 is 0 Å². The molecule has 1 aromatic heterocycles. The largest absolute Gasteiger partial charge is 0.396 e. The van der Waals surface area contributed by atoms with Crippen molar-refractivity contribution < 1.29 is 5.11 Å². The summed E-state index contributed by atoms with van der Waals surface area (Å²) in [6.07, 6.45) is 2.09. The lowest BCUT2D eigenvalue weighted by Crippen LogP contribution is -2.27. The quantitative estimate of drug-likeness (QED) is 0.859. The van der Waals surface area contributed by atoms with E-state index in [2.05, 4.69) is 52.5 Å². The standard InChI is InChI=1S/C15H18N2O/c18-11-13-10-17-8-4-7-14(17)15(13)16-9-12-5-2-1-3-6-12/h1-8,13,15-16,18H,9-11H2/t13-,15+/m1/s1. The van der Waals surface area contributed by atoms with Crippen molar-refractivity contribution in [2.75, 3.05) is 6.61 Å². The second-order valence-electron chi connectivity index (χ2n) is 4.87. The Labute approximate surface area is 107 Å². The van der Waals surface area contributed by atoms with Gasteiger partial charge in [0.2, 0.25) is 0 Å². The van der Waals surface area contributed by atoms with Gasteiger partial charge in [-0.2, -0.15) is 0 Å². The van der Waals surface area contributed by atoms with Crippen molar-refractivity contribution in [3.05, 3.63) is 59.9 Å². The molecule has 0 unspecified atom stereocenters. The number of benzene rings is 1. The van der Waals surface area contributed by atoms with Crippen LogP contribution in [0.4, 0.5) is 0 Å². The zero-order valence-corrected chi connectivity index (χ0v) is 10.3. The average molecular weight is 242 g/mol. The molecular weight excluding hydrogens is 224 g/mol. The van der Waals surface area contributed by atoms with Gasteiger partial charge in [0.1, 0.15) is 0 Å². The molecule has 94 valence electrons. The van der Waals surface area contributed by atoms with Crippen molar-refractivity contribution in [1.29, 1.82) is 0 Å². The van der Waals surface area contributed by atoms with Crippen LogP contribution in [0.2, 0.25) is 0 Å². The highest BCUT2D eigenvalue weighted by molar-refractivity contribution is 5.19. The lowest BCUT2D eigenvalue weighted by Gasteiger charge is -2.18. The van der Waals surface area contributed by atoms with Crippen LogP contribution in [0.5, 0.6) is 0 Å². The summed E-state index contributed by atoms with van der Waals surface area (Å²) in [5.41, 5.74) is 2.56. The number of fused-ring (bicyclic) bond motifs is 1. The number of aliphatic hydroxyl groups excluding tert-OH is 1. The summed E-state index contributed by atoms with van der Waals surface area (Å²) in [7, 11) is 0. The molecule has 0 radical (unpaired) electrons. The molecule has 18 heavy (non-hydrogen) atoms. The molecule has 1 aromatic carbocycles. The molecule has 3 heteroatoms. The number of hydrogen-bond donors (Lipinski definition) is 2. The monoisotopic (exact) mass is 242 g/mol. The summed E-state index contributed by atoms with van der Waals surface area (Å²) in [6, 6.07) is 14.8. The first-order chi connectivity index (χ1) is 8.88. The lowest BCUT2D eigenvalue weighted by atomic mass is 10.0. The van der Waals surface area contributed by atoms with E-state index in [1.165, 1.54) is 11.3 Å². The Hall–Kier alpha value is -1.58. The summed E-state index contributed by atoms with van der Waals surface area (Å²) in [6.45, 7) is 1.98. The third-order valence-electron chi connectivity index (χ3n) is 3.69. The highest BCUT2D eigenvalue weighted by atomic mass is 16.3. The van der Waals surface area contributed by atoms with Crippen molar-refractivity contribution in [2.24, 2.45) is 5.92 Å². The van der Waals surface area contributed by atoms with Crippen LogP contribution in [0.15, 0.2) is 48.7 Å². The van der Waals surface area contributed by atoms with Gasteiger partial charge in [-0.25, -0.2) is 0 Å². The van der Waals surface area contributed by atoms with Crippen LogP contribution in [0.25, 0.3) is 0 Å². The minimum Gasteiger partial charge on any atom is -0.396 e. The zero-order chi connectivity index (χ0) is 12.4. The Morgan fingerprint density at radius 1 is 1.17 bits per heavy atom. The SMILES string of the molecule is OC[C@H]1Cn2cccc2[C@H]1NCc1ccccc1. The predicted molar refractivity (Wildman–Crippen MR) is 71.0 cm³/mol. The molecule has 2 aromatic rings. The maximum Gasteiger partial charge on any atom is 0.0545 e. The first-order valence-corrected chi connectivity index (χ1v) is 6.41. The van der Waals surface area contributed by atoms with Crippen LogP contribution < -0.4 is 5.32 Å². The fraction of sp³-hybridized carbons (Fsp3) is 0.333. The third-order valence-corrected chi connectivity index (χ3v) is 3.69. The van der Waals surface area contributed by atoms with E-state index in [4.69, 9.17) is 0 Å². The first kappa shape index (κ1) is 11.5. The van der Waals surface area contributed by atoms with Gasteiger partial charge >= 0.3 is 0 Å². The number of hydrogen-bond acceptors (Lipinski definition) is 2. The molecule has 3 nitrogen and oxygen atoms in total. The molecule has 1 aliphatic rings. The molecule has 2 heterocycles. The highest BCUT2D eigenvalue weighted by Gasteiger charge is 2.31. The second kappa shape index (κ2) is 4.96. The fourth-order valence-electron chi connectivity index (χ4n) is 2.73. The van der Waals surface area contributed by atoms with Crippen LogP contribution >= 0.6 is 0 Å². The van der Waals surface area contributed by atoms with Crippen LogP contribution in [0.1, 0.15) is 17.3 Å². The number of nitrogens with zero attached hydrogens (tertiary/aromatic N) is 1. The van der Waals surface area contributed by atoms with Gasteiger partial charge in [0.15, 0.2) is 0 Å². The average Bonchev–Trinajstić information content (AvgIpc) is 2.98. The number of nitrogens with one attached hydrogen (secondary N) is 1. The van der Waals surface area contributed by atoms with Crippen LogP contribution in [0, 0.1) is 5.92 Å². The topological polar surface area (TPSA) is 37.2 Å². The molecular formula is C15H18N2O. The fourth-order valence-corrected chi connectivity index (χ4v) is 2.73. The van der Waals surface area contributed by atoms with Crippen molar-refractivity contribution >= 4 is 0 Å². The second-order valence-corrected chi connectivity index (χ2v) is 4.87. The van der Waals surface area contributed by atoms with Crippen molar-refractivity contribution in [3.63, 3.8) is 0 Å². The summed E-state index contributed by atoms with van der Waals surface area (Å²) in [5.74, 6) is 0.282. The van der Waals surface area contributed by atoms with Crippen LogP contribution in [0.3, 0.4) is 0 Å². The van der Waals surface area contributed by atoms with E-state index in [0.717, 1.165) is 13.1 Å². The van der Waals surface area contributed by atoms with Gasteiger partial charge in [-0.1, -0.05) is 30.3 Å². The molecule has 1 aliphatic heterocycles. The Kier molecular flexibility index (Phi) is 3.17. The van der Waals surface area contributed by atoms with Gasteiger partial charge in [-0.15, -0.1) is 0 Å². The lowest BCUT2D eigenvalue weighted by molar-refractivity contribution is 0.194. The maximum atomic E-state index is 9.47. The Balaban J connectivity index is 1.72. The molecule has 0 aliphatic carbocycles. The maximum absolute atomic E-state index is 9.47. The Bertz CT molecular complexity index is 506. The minimum atomic E-state index is 0.230. The molecule has 0 amide bonds. The summed E-state index contributed by atoms with van der Waals surface area (Å²) >= 11 is 0. The number of aliphatic hydroxyl groups is 1. The number of aromatic nitrogens is 1. The van der Waals surface area contributed by atoms with Gasteiger partial charge in [0, 0.05) is 37.5 Å². The minimum absolute atomic E-state index is 0.230. The van der Waals surface area contributed by atoms with E-state index in [9.17, 15) is 5.11 Å². The molecule has 0 bridgehead atoms. The first-order valence-electron chi connectivity index (χ1n) is 6.41. The third kappa shape index (κ3) is 2.07. The summed E-state index contributed by atoms with van der Waals surface area (Å²) < 4.78 is 2.23. The van der Waals surface area contributed by atoms with Crippen molar-refractivity contribution in [1.82, 2.24) is 9.88 Å². The van der Waals surface area contributed by atoms with Gasteiger partial charge in [-0.05, 0) is 17.7 Å². The van der Waals surface area contributed by atoms with Crippen LogP contribution in [-0.2, 0) is 13.1 Å². The Morgan fingerprint density at radius 2 is 2.00 bits per heavy atom. The smallest absolute Gasteiger partial charge is 0.0545 e. The molecule has 0 saturated heterocycles. The highest BCUT2D eigenvalue weighted by Crippen LogP contribution is 2.31.